The highest BCUT2D eigenvalue weighted by Gasteiger charge is 2.23. The Hall–Kier alpha value is -1.28. The van der Waals surface area contributed by atoms with Crippen molar-refractivity contribution in [2.24, 2.45) is 0 Å². The van der Waals surface area contributed by atoms with Gasteiger partial charge in [-0.3, -0.25) is 0 Å². The molecule has 0 fully saturated rings. The molecule has 1 atom stereocenters. The Morgan fingerprint density at radius 3 is 2.93 bits per heavy atom. The first kappa shape index (κ1) is 8.06. The molecule has 0 bridgehead atoms. The number of nitrogens with one attached hydrogen (secondary N) is 1. The number of benzene rings is 1. The Labute approximate surface area is 87.4 Å². The largest absolute Gasteiger partial charge is 0.384 e. The summed E-state index contributed by atoms with van der Waals surface area (Å²) in [4.78, 5) is 1.46. The van der Waals surface area contributed by atoms with Crippen molar-refractivity contribution in [1.29, 1.82) is 0 Å². The first-order valence-corrected chi connectivity index (χ1v) is 5.69. The average molecular weight is 201 g/mol. The predicted octanol–water partition coefficient (Wildman–Crippen LogP) is 3.31. The fourth-order valence-electron chi connectivity index (χ4n) is 2.03. The third-order valence-corrected chi connectivity index (χ3v) is 3.71. The number of hydrogen-bond acceptors (Lipinski definition) is 2. The van der Waals surface area contributed by atoms with Crippen molar-refractivity contribution >= 4 is 17.0 Å². The molecule has 1 aromatic carbocycles. The van der Waals surface area contributed by atoms with E-state index in [1.165, 1.54) is 16.1 Å². The molecule has 0 amide bonds. The first-order valence-electron chi connectivity index (χ1n) is 4.81. The molecule has 1 unspecified atom stereocenters. The highest BCUT2D eigenvalue weighted by Crippen LogP contribution is 2.37. The van der Waals surface area contributed by atoms with Gasteiger partial charge < -0.3 is 5.32 Å². The van der Waals surface area contributed by atoms with Crippen LogP contribution >= 0.6 is 11.3 Å². The number of hydrogen-bond donors (Lipinski definition) is 1. The second kappa shape index (κ2) is 3.14. The summed E-state index contributed by atoms with van der Waals surface area (Å²) in [6.45, 7) is 1.04. The van der Waals surface area contributed by atoms with Crippen molar-refractivity contribution < 1.29 is 0 Å². The number of fused-ring (bicyclic) bond motifs is 1. The van der Waals surface area contributed by atoms with E-state index in [9.17, 15) is 0 Å². The lowest BCUT2D eigenvalue weighted by Gasteiger charge is -2.06. The quantitative estimate of drug-likeness (QED) is 0.746. The molecule has 0 spiro atoms. The lowest BCUT2D eigenvalue weighted by molar-refractivity contribution is 0.930. The van der Waals surface area contributed by atoms with E-state index in [0.717, 1.165) is 6.54 Å². The topological polar surface area (TPSA) is 12.0 Å². The minimum absolute atomic E-state index is 0.561. The van der Waals surface area contributed by atoms with E-state index in [1.54, 1.807) is 0 Å². The van der Waals surface area contributed by atoms with Gasteiger partial charge in [-0.1, -0.05) is 24.3 Å². The Kier molecular flexibility index (Phi) is 1.81. The Morgan fingerprint density at radius 2 is 2.07 bits per heavy atom. The van der Waals surface area contributed by atoms with Crippen LogP contribution < -0.4 is 5.32 Å². The van der Waals surface area contributed by atoms with Crippen molar-refractivity contribution in [3.05, 3.63) is 52.2 Å². The van der Waals surface area contributed by atoms with Crippen LogP contribution in [0.3, 0.4) is 0 Å². The van der Waals surface area contributed by atoms with Crippen LogP contribution in [-0.2, 0) is 0 Å². The summed E-state index contributed by atoms with van der Waals surface area (Å²) in [5.74, 6) is 0.561. The molecule has 2 heterocycles. The summed E-state index contributed by atoms with van der Waals surface area (Å²) in [6.07, 6.45) is 0. The summed E-state index contributed by atoms with van der Waals surface area (Å²) in [6, 6.07) is 12.9. The Bertz CT molecular complexity index is 433. The molecule has 2 heteroatoms. The maximum Gasteiger partial charge on any atom is 0.0380 e. The molecule has 0 aliphatic carbocycles. The van der Waals surface area contributed by atoms with Crippen LogP contribution in [0.15, 0.2) is 41.8 Å². The molecule has 14 heavy (non-hydrogen) atoms. The average Bonchev–Trinajstić information content (AvgIpc) is 2.85. The fourth-order valence-corrected chi connectivity index (χ4v) is 2.87. The van der Waals surface area contributed by atoms with Gasteiger partial charge in [-0.25, -0.2) is 0 Å². The minimum atomic E-state index is 0.561. The van der Waals surface area contributed by atoms with Crippen LogP contribution in [-0.4, -0.2) is 6.54 Å². The second-order valence-electron chi connectivity index (χ2n) is 3.54. The summed E-state index contributed by atoms with van der Waals surface area (Å²) < 4.78 is 0. The molecule has 2 aromatic rings. The highest BCUT2D eigenvalue weighted by atomic mass is 32.1. The van der Waals surface area contributed by atoms with Gasteiger partial charge in [-0.05, 0) is 23.1 Å². The molecular formula is C12H11NS. The van der Waals surface area contributed by atoms with Gasteiger partial charge in [0.25, 0.3) is 0 Å². The van der Waals surface area contributed by atoms with Gasteiger partial charge >= 0.3 is 0 Å². The molecule has 3 rings (SSSR count). The summed E-state index contributed by atoms with van der Waals surface area (Å²) in [7, 11) is 0. The van der Waals surface area contributed by atoms with Gasteiger partial charge in [-0.15, -0.1) is 11.3 Å². The Morgan fingerprint density at radius 1 is 1.14 bits per heavy atom. The molecule has 1 N–H and O–H groups in total. The molecule has 0 radical (unpaired) electrons. The van der Waals surface area contributed by atoms with Gasteiger partial charge in [-0.2, -0.15) is 0 Å². The van der Waals surface area contributed by atoms with Gasteiger partial charge in [0, 0.05) is 23.0 Å². The highest BCUT2D eigenvalue weighted by molar-refractivity contribution is 7.10. The minimum Gasteiger partial charge on any atom is -0.384 e. The van der Waals surface area contributed by atoms with Gasteiger partial charge in [0.05, 0.1) is 0 Å². The summed E-state index contributed by atoms with van der Waals surface area (Å²) in [5, 5.41) is 5.59. The number of para-hydroxylation sites is 1. The second-order valence-corrected chi connectivity index (χ2v) is 4.52. The monoisotopic (exact) mass is 201 g/mol. The molecule has 1 aromatic heterocycles. The van der Waals surface area contributed by atoms with E-state index in [1.807, 2.05) is 11.3 Å². The van der Waals surface area contributed by atoms with E-state index >= 15 is 0 Å². The van der Waals surface area contributed by atoms with Crippen LogP contribution in [0.5, 0.6) is 0 Å². The third kappa shape index (κ3) is 1.15. The smallest absolute Gasteiger partial charge is 0.0380 e. The zero-order chi connectivity index (χ0) is 9.38. The van der Waals surface area contributed by atoms with Crippen molar-refractivity contribution in [3.63, 3.8) is 0 Å². The zero-order valence-electron chi connectivity index (χ0n) is 7.73. The van der Waals surface area contributed by atoms with Gasteiger partial charge in [0.2, 0.25) is 0 Å². The number of thiophene rings is 1. The first-order chi connectivity index (χ1) is 6.95. The Balaban J connectivity index is 2.06. The molecule has 1 aliphatic heterocycles. The fraction of sp³-hybridized carbons (Fsp3) is 0.167. The number of rotatable bonds is 1. The van der Waals surface area contributed by atoms with E-state index in [0.29, 0.717) is 5.92 Å². The predicted molar refractivity (Wildman–Crippen MR) is 61.1 cm³/mol. The molecule has 1 nitrogen and oxygen atoms in total. The van der Waals surface area contributed by atoms with E-state index in [4.69, 9.17) is 0 Å². The zero-order valence-corrected chi connectivity index (χ0v) is 8.55. The number of anilines is 1. The summed E-state index contributed by atoms with van der Waals surface area (Å²) >= 11 is 1.84. The molecular weight excluding hydrogens is 190 g/mol. The van der Waals surface area contributed by atoms with E-state index in [2.05, 4.69) is 47.1 Å². The van der Waals surface area contributed by atoms with E-state index < -0.39 is 0 Å². The molecule has 0 saturated heterocycles. The molecule has 1 aliphatic rings. The van der Waals surface area contributed by atoms with Gasteiger partial charge in [0.15, 0.2) is 0 Å². The van der Waals surface area contributed by atoms with Crippen molar-refractivity contribution in [2.45, 2.75) is 5.92 Å². The van der Waals surface area contributed by atoms with Gasteiger partial charge in [0.1, 0.15) is 0 Å². The molecule has 0 saturated carbocycles. The molecule has 70 valence electrons. The third-order valence-electron chi connectivity index (χ3n) is 2.72. The van der Waals surface area contributed by atoms with Crippen LogP contribution in [0.1, 0.15) is 16.4 Å². The van der Waals surface area contributed by atoms with Crippen LogP contribution in [0, 0.1) is 0 Å². The lowest BCUT2D eigenvalue weighted by Crippen LogP contribution is -2.01. The van der Waals surface area contributed by atoms with Crippen molar-refractivity contribution in [1.82, 2.24) is 0 Å². The van der Waals surface area contributed by atoms with E-state index in [-0.39, 0.29) is 0 Å². The van der Waals surface area contributed by atoms with Crippen molar-refractivity contribution in [2.75, 3.05) is 11.9 Å². The summed E-state index contributed by atoms with van der Waals surface area (Å²) in [5.41, 5.74) is 2.74. The van der Waals surface area contributed by atoms with Crippen LogP contribution in [0.2, 0.25) is 0 Å². The SMILES string of the molecule is c1csc(C2CNc3ccccc32)c1. The van der Waals surface area contributed by atoms with Crippen LogP contribution in [0.25, 0.3) is 0 Å². The maximum atomic E-state index is 3.45. The van der Waals surface area contributed by atoms with Crippen molar-refractivity contribution in [3.8, 4) is 0 Å². The maximum absolute atomic E-state index is 3.45. The van der Waals surface area contributed by atoms with Crippen LogP contribution in [0.4, 0.5) is 5.69 Å². The standard InChI is InChI=1S/C12H11NS/c1-2-5-11-9(4-1)10(8-13-11)12-6-3-7-14-12/h1-7,10,13H,8H2. The lowest BCUT2D eigenvalue weighted by atomic mass is 10.00. The normalized spacial score (nSPS) is 19.0.